The molecule has 0 saturated carbocycles. The lowest BCUT2D eigenvalue weighted by atomic mass is 10.1. The van der Waals surface area contributed by atoms with E-state index in [-0.39, 0.29) is 62.0 Å². The number of aryl methyl sites for hydroxylation is 1. The van der Waals surface area contributed by atoms with Gasteiger partial charge in [-0.3, -0.25) is 44.0 Å². The third kappa shape index (κ3) is 16.1. The number of unbranched alkanes of at least 4 members (excludes halogenated alkanes) is 1. The quantitative estimate of drug-likeness (QED) is 0.00921. The molecule has 6 N–H and O–H groups in total. The highest BCUT2D eigenvalue weighted by Gasteiger charge is 2.43. The van der Waals surface area contributed by atoms with Gasteiger partial charge in [-0.1, -0.05) is 47.4 Å². The van der Waals surface area contributed by atoms with E-state index >= 15 is 0 Å². The molecule has 3 fully saturated rings. The number of aliphatic carboxylic acids is 1. The fourth-order valence-corrected chi connectivity index (χ4v) is 13.1. The topological polar surface area (TPSA) is 285 Å². The van der Waals surface area contributed by atoms with Crippen LogP contribution in [0, 0.1) is 8.98 Å². The van der Waals surface area contributed by atoms with Crippen LogP contribution in [0.4, 0.5) is 15.3 Å². The van der Waals surface area contributed by atoms with Gasteiger partial charge in [-0.2, -0.15) is 4.57 Å². The number of amides is 9. The number of piperazine rings is 1. The number of urea groups is 2. The predicted molar refractivity (Wildman–Crippen MR) is 338 cm³/mol. The lowest BCUT2D eigenvalue weighted by Gasteiger charge is -2.43. The zero-order valence-corrected chi connectivity index (χ0v) is 52.7. The number of benzene rings is 3. The first-order valence-electron chi connectivity index (χ1n) is 28.6. The van der Waals surface area contributed by atoms with E-state index in [1.165, 1.54) is 44.1 Å². The van der Waals surface area contributed by atoms with Gasteiger partial charge in [-0.25, -0.2) is 19.4 Å². The van der Waals surface area contributed by atoms with Crippen LogP contribution in [0.15, 0.2) is 112 Å². The number of hydrogen-bond acceptors (Lipinski definition) is 17. The number of likely N-dealkylation sites (N-methyl/N-ethyl adjacent to an activating group) is 2. The van der Waals surface area contributed by atoms with Crippen LogP contribution >= 0.6 is 45.7 Å². The van der Waals surface area contributed by atoms with Crippen LogP contribution in [0.3, 0.4) is 0 Å². The van der Waals surface area contributed by atoms with Crippen molar-refractivity contribution < 1.29 is 62.2 Å². The molecule has 5 heterocycles. The summed E-state index contributed by atoms with van der Waals surface area (Å²) in [5.74, 6) is -5.54. The van der Waals surface area contributed by atoms with Crippen LogP contribution in [-0.2, 0) is 49.5 Å². The number of guanidine groups is 1. The SMILES string of the molecule is CCN1C(=O)C(=CC=CN2CC(C)N(C=CC=C3C(=O)N(CC)C(=O)N(CC(=O)NCCOCCOCCOCCN4C(=Cc5sc6ccc7ccccc7c6[n+]5CCCCNC(=N)N)Sc5ccc(I)cc54)C3=O)CC2C)C(=O)N(CC(=O)O)C1=O. The number of nitrogens with zero attached hydrogens (tertiary/aromatic N) is 8. The maximum Gasteiger partial charge on any atom is 0.334 e. The molecule has 1 aromatic heterocycles. The number of aromatic nitrogens is 1. The number of nitrogens with two attached hydrogens (primary N) is 1. The van der Waals surface area contributed by atoms with Crippen LogP contribution in [0.25, 0.3) is 27.1 Å². The zero-order chi connectivity index (χ0) is 62.3. The first-order chi connectivity index (χ1) is 41.9. The number of carbonyl (C=O) groups is 8. The predicted octanol–water partition coefficient (Wildman–Crippen LogP) is 5.27. The van der Waals surface area contributed by atoms with E-state index in [0.29, 0.717) is 57.5 Å². The van der Waals surface area contributed by atoms with Gasteiger partial charge in [0.25, 0.3) is 28.6 Å². The molecule has 3 saturated heterocycles. The van der Waals surface area contributed by atoms with E-state index in [4.69, 9.17) is 25.4 Å². The van der Waals surface area contributed by atoms with Crippen molar-refractivity contribution in [3.05, 3.63) is 116 Å². The third-order valence-electron chi connectivity index (χ3n) is 14.7. The smallest absolute Gasteiger partial charge is 0.334 e. The van der Waals surface area contributed by atoms with Crippen LogP contribution in [0.5, 0.6) is 0 Å². The molecule has 8 rings (SSSR count). The molecule has 2 atom stereocenters. The van der Waals surface area contributed by atoms with Crippen molar-refractivity contribution >= 4 is 132 Å². The Morgan fingerprint density at radius 3 is 1.93 bits per heavy atom. The summed E-state index contributed by atoms with van der Waals surface area (Å²) in [6.07, 6.45) is 13.1. The largest absolute Gasteiger partial charge is 0.480 e. The number of nitrogens with one attached hydrogen (secondary N) is 3. The highest BCUT2D eigenvalue weighted by molar-refractivity contribution is 14.1. The number of carboxylic acids is 1. The maximum atomic E-state index is 13.6. The molecule has 24 nitrogen and oxygen atoms in total. The summed E-state index contributed by atoms with van der Waals surface area (Å²) in [6.45, 7) is 10.4. The standard InChI is InChI=1S/C60H71IN12O12S2/c1-5-68-54(77)44(15-11-23-66-35-40(4)67(36-39(66)3)24-12-16-45-55(78)69(6-2)60(82)73(57(45)80)38-52(75)76)56(79)72(59(68)81)37-49(74)64-22-27-83-29-31-85-32-30-84-28-26-70-46-33-42(61)18-20-47(46)86-50(70)34-51-71(25-10-9-21-65-58(62)63)53-43-14-8-7-13-41(43)17-19-48(53)87-51/h7-8,11-20,23-24,33-34,39-40H,5-6,9-10,21-22,25-32,35-38H2,1-4H3,(H5-,62,63,64,65,74,75,76)/p+1. The fourth-order valence-electron chi connectivity index (χ4n) is 10.3. The average molecular weight is 1340 g/mol. The monoisotopic (exact) mass is 1340 g/mol. The number of allylic oxidation sites excluding steroid dienone is 4. The zero-order valence-electron chi connectivity index (χ0n) is 48.9. The van der Waals surface area contributed by atoms with E-state index < -0.39 is 60.7 Å². The molecule has 87 heavy (non-hydrogen) atoms. The Labute approximate surface area is 525 Å². The summed E-state index contributed by atoms with van der Waals surface area (Å²) in [7, 11) is 0. The minimum atomic E-state index is -1.40. The van der Waals surface area contributed by atoms with Crippen molar-refractivity contribution in [1.82, 2.24) is 40.0 Å². The molecule has 3 aromatic carbocycles. The van der Waals surface area contributed by atoms with Gasteiger partial charge in [-0.15, -0.1) is 0 Å². The molecule has 9 amide bonds. The Balaban J connectivity index is 0.757. The van der Waals surface area contributed by atoms with Crippen LogP contribution in [0.2, 0.25) is 0 Å². The molecule has 0 bridgehead atoms. The summed E-state index contributed by atoms with van der Waals surface area (Å²) < 4.78 is 22.3. The number of carboxylic acid groups (broad SMARTS) is 1. The van der Waals surface area contributed by atoms with Gasteiger partial charge in [-0.05, 0) is 129 Å². The maximum absolute atomic E-state index is 13.6. The normalized spacial score (nSPS) is 19.1. The molecule has 2 unspecified atom stereocenters. The van der Waals surface area contributed by atoms with Gasteiger partial charge in [0, 0.05) is 72.8 Å². The Morgan fingerprint density at radius 1 is 0.736 bits per heavy atom. The number of thioether (sulfide) groups is 1. The van der Waals surface area contributed by atoms with E-state index in [2.05, 4.69) is 103 Å². The van der Waals surface area contributed by atoms with Crippen molar-refractivity contribution in [1.29, 1.82) is 5.41 Å². The highest BCUT2D eigenvalue weighted by Crippen LogP contribution is 2.47. The molecule has 27 heteroatoms. The molecule has 4 aromatic rings. The molecule has 0 radical (unpaired) electrons. The molecule has 4 aliphatic rings. The fraction of sp³-hybridized carbons (Fsp3) is 0.400. The summed E-state index contributed by atoms with van der Waals surface area (Å²) in [6, 6.07) is 17.3. The second-order valence-electron chi connectivity index (χ2n) is 20.6. The van der Waals surface area contributed by atoms with Crippen molar-refractivity contribution in [3.63, 3.8) is 0 Å². The van der Waals surface area contributed by atoms with Gasteiger partial charge in [0.05, 0.1) is 61.8 Å². The number of anilines is 1. The Kier molecular flexibility index (Phi) is 23.1. The second-order valence-corrected chi connectivity index (χ2v) is 24.0. The molecular formula is C60H72IN12O12S2+. The Morgan fingerprint density at radius 2 is 1.32 bits per heavy atom. The van der Waals surface area contributed by atoms with E-state index in [9.17, 15) is 43.5 Å². The average Bonchev–Trinajstić information content (AvgIpc) is 1.78. The van der Waals surface area contributed by atoms with Crippen molar-refractivity contribution in [2.75, 3.05) is 103 Å². The van der Waals surface area contributed by atoms with Gasteiger partial charge in [0.1, 0.15) is 28.9 Å². The van der Waals surface area contributed by atoms with Gasteiger partial charge in [0.2, 0.25) is 11.4 Å². The number of ether oxygens (including phenoxy) is 3. The summed E-state index contributed by atoms with van der Waals surface area (Å²) >= 11 is 5.87. The molecule has 462 valence electrons. The third-order valence-corrected chi connectivity index (χ3v) is 17.5. The minimum Gasteiger partial charge on any atom is -0.480 e. The highest BCUT2D eigenvalue weighted by atomic mass is 127. The van der Waals surface area contributed by atoms with E-state index in [1.807, 2.05) is 23.6 Å². The summed E-state index contributed by atoms with van der Waals surface area (Å²) in [5.41, 5.74) is 7.27. The van der Waals surface area contributed by atoms with E-state index in [1.54, 1.807) is 55.4 Å². The van der Waals surface area contributed by atoms with Crippen LogP contribution in [-0.4, -0.2) is 199 Å². The number of carbonyl (C=O) groups excluding carboxylic acids is 7. The first kappa shape index (κ1) is 65.3. The molecule has 4 aliphatic heterocycles. The summed E-state index contributed by atoms with van der Waals surface area (Å²) in [4.78, 5) is 114. The number of rotatable bonds is 28. The Bertz CT molecular complexity index is 3460. The van der Waals surface area contributed by atoms with Gasteiger partial charge in [0.15, 0.2) is 12.5 Å². The number of barbiturate groups is 2. The van der Waals surface area contributed by atoms with Crippen LogP contribution in [0.1, 0.15) is 45.5 Å². The summed E-state index contributed by atoms with van der Waals surface area (Å²) in [5, 5.41) is 27.0. The second kappa shape index (κ2) is 30.8. The molecule has 0 spiro atoms. The van der Waals surface area contributed by atoms with Gasteiger partial charge < -0.3 is 50.4 Å². The van der Waals surface area contributed by atoms with Crippen molar-refractivity contribution in [2.45, 2.75) is 64.1 Å². The molecular weight excluding hydrogens is 1270 g/mol. The number of fused-ring (bicyclic) bond motifs is 4. The van der Waals surface area contributed by atoms with Crippen LogP contribution < -0.4 is 25.8 Å². The number of halogens is 1. The first-order valence-corrected chi connectivity index (χ1v) is 31.4. The van der Waals surface area contributed by atoms with Crippen molar-refractivity contribution in [2.24, 2.45) is 5.73 Å². The number of hydrogen-bond donors (Lipinski definition) is 5. The lowest BCUT2D eigenvalue weighted by Crippen LogP contribution is -2.58. The number of imide groups is 4. The van der Waals surface area contributed by atoms with Crippen molar-refractivity contribution in [3.8, 4) is 0 Å². The Hall–Kier alpha value is -7.70. The number of thiazole rings is 1. The van der Waals surface area contributed by atoms with Gasteiger partial charge >= 0.3 is 18.0 Å². The molecule has 0 aliphatic carbocycles. The minimum absolute atomic E-state index is 0.0223. The van der Waals surface area contributed by atoms with E-state index in [0.717, 1.165) is 53.4 Å². The lowest BCUT2D eigenvalue weighted by molar-refractivity contribution is -0.668.